The van der Waals surface area contributed by atoms with Gasteiger partial charge in [-0.3, -0.25) is 9.59 Å². The van der Waals surface area contributed by atoms with Crippen LogP contribution in [0.1, 0.15) is 25.3 Å². The number of amides is 2. The summed E-state index contributed by atoms with van der Waals surface area (Å²) in [6.45, 7) is 3.99. The number of nitrogens with one attached hydrogen (secondary N) is 1. The predicted octanol–water partition coefficient (Wildman–Crippen LogP) is 2.01. The summed E-state index contributed by atoms with van der Waals surface area (Å²) in [5, 5.41) is 3.17. The van der Waals surface area contributed by atoms with Crippen molar-refractivity contribution in [3.8, 4) is 0 Å². The summed E-state index contributed by atoms with van der Waals surface area (Å²) in [5.41, 5.74) is 1.40. The molecule has 6 nitrogen and oxygen atoms in total. The molecule has 2 amide bonds. The van der Waals surface area contributed by atoms with E-state index in [9.17, 15) is 18.0 Å². The first-order valence-corrected chi connectivity index (χ1v) is 9.97. The van der Waals surface area contributed by atoms with Crippen molar-refractivity contribution in [3.05, 3.63) is 28.8 Å². The van der Waals surface area contributed by atoms with Gasteiger partial charge < -0.3 is 10.2 Å². The van der Waals surface area contributed by atoms with Crippen molar-refractivity contribution < 1.29 is 18.0 Å². The van der Waals surface area contributed by atoms with Gasteiger partial charge in [0.25, 0.3) is 0 Å². The second kappa shape index (κ2) is 7.53. The van der Waals surface area contributed by atoms with Crippen molar-refractivity contribution in [1.29, 1.82) is 0 Å². The molecule has 132 valence electrons. The fraction of sp³-hybridized carbons (Fsp3) is 0.500. The molecule has 0 bridgehead atoms. The Balaban J connectivity index is 1.99. The minimum absolute atomic E-state index is 0.0262. The number of aryl methyl sites for hydroxylation is 1. The summed E-state index contributed by atoms with van der Waals surface area (Å²) in [5.74, 6) is -0.738. The van der Waals surface area contributed by atoms with Crippen molar-refractivity contribution in [2.24, 2.45) is 0 Å². The molecule has 8 heteroatoms. The Kier molecular flexibility index (Phi) is 5.87. The lowest BCUT2D eigenvalue weighted by Gasteiger charge is -2.26. The third-order valence-corrected chi connectivity index (χ3v) is 6.08. The van der Waals surface area contributed by atoms with E-state index in [1.54, 1.807) is 25.1 Å². The van der Waals surface area contributed by atoms with E-state index < -0.39 is 15.7 Å². The van der Waals surface area contributed by atoms with Gasteiger partial charge >= 0.3 is 0 Å². The lowest BCUT2D eigenvalue weighted by atomic mass is 10.2. The predicted molar refractivity (Wildman–Crippen MR) is 93.9 cm³/mol. The van der Waals surface area contributed by atoms with Crippen molar-refractivity contribution in [1.82, 2.24) is 4.90 Å². The van der Waals surface area contributed by atoms with Crippen LogP contribution in [-0.2, 0) is 19.4 Å². The van der Waals surface area contributed by atoms with Crippen molar-refractivity contribution in [3.63, 3.8) is 0 Å². The largest absolute Gasteiger partial charge is 0.338 e. The van der Waals surface area contributed by atoms with Crippen LogP contribution >= 0.6 is 11.6 Å². The van der Waals surface area contributed by atoms with Gasteiger partial charge in [0.05, 0.1) is 11.5 Å². The molecule has 0 aromatic heterocycles. The van der Waals surface area contributed by atoms with Crippen LogP contribution in [0.15, 0.2) is 18.2 Å². The number of rotatable bonds is 5. The fourth-order valence-corrected chi connectivity index (χ4v) is 4.72. The summed E-state index contributed by atoms with van der Waals surface area (Å²) in [7, 11) is -3.08. The molecule has 1 heterocycles. The molecule has 1 unspecified atom stereocenters. The lowest BCUT2D eigenvalue weighted by Crippen LogP contribution is -2.42. The number of benzene rings is 1. The summed E-state index contributed by atoms with van der Waals surface area (Å²) >= 11 is 5.91. The van der Waals surface area contributed by atoms with E-state index in [0.29, 0.717) is 23.7 Å². The topological polar surface area (TPSA) is 83.6 Å². The standard InChI is InChI=1S/C16H21ClN2O4S/c1-3-19(13-6-7-24(22,23)10-13)16(21)9-15(20)18-14-8-12(17)5-4-11(14)2/h4-5,8,13H,3,6-7,9-10H2,1-2H3,(H,18,20). The summed E-state index contributed by atoms with van der Waals surface area (Å²) in [4.78, 5) is 26.0. The molecular weight excluding hydrogens is 352 g/mol. The van der Waals surface area contributed by atoms with E-state index in [4.69, 9.17) is 11.6 Å². The van der Waals surface area contributed by atoms with E-state index in [2.05, 4.69) is 5.32 Å². The Morgan fingerprint density at radius 1 is 1.38 bits per heavy atom. The molecule has 1 aromatic carbocycles. The number of nitrogens with zero attached hydrogens (tertiary/aromatic N) is 1. The molecule has 0 radical (unpaired) electrons. The summed E-state index contributed by atoms with van der Waals surface area (Å²) in [6.07, 6.45) is 0.104. The second-order valence-electron chi connectivity index (χ2n) is 5.92. The van der Waals surface area contributed by atoms with Crippen LogP contribution in [-0.4, -0.2) is 49.2 Å². The molecule has 1 N–H and O–H groups in total. The Morgan fingerprint density at radius 3 is 2.67 bits per heavy atom. The molecule has 1 aliphatic rings. The monoisotopic (exact) mass is 372 g/mol. The van der Waals surface area contributed by atoms with E-state index in [1.165, 1.54) is 4.90 Å². The van der Waals surface area contributed by atoms with Gasteiger partial charge in [-0.25, -0.2) is 8.42 Å². The van der Waals surface area contributed by atoms with Gasteiger partial charge in [0, 0.05) is 23.3 Å². The van der Waals surface area contributed by atoms with E-state index >= 15 is 0 Å². The van der Waals surface area contributed by atoms with Crippen LogP contribution in [0.4, 0.5) is 5.69 Å². The summed E-state index contributed by atoms with van der Waals surface area (Å²) < 4.78 is 23.2. The third-order valence-electron chi connectivity index (χ3n) is 4.10. The van der Waals surface area contributed by atoms with Crippen molar-refractivity contribution >= 4 is 38.9 Å². The Hall–Kier alpha value is -1.60. The third kappa shape index (κ3) is 4.70. The highest BCUT2D eigenvalue weighted by Gasteiger charge is 2.34. The zero-order valence-corrected chi connectivity index (χ0v) is 15.3. The Bertz CT molecular complexity index is 748. The van der Waals surface area contributed by atoms with Gasteiger partial charge in [-0.15, -0.1) is 0 Å². The Morgan fingerprint density at radius 2 is 2.08 bits per heavy atom. The first-order chi connectivity index (χ1) is 11.2. The summed E-state index contributed by atoms with van der Waals surface area (Å²) in [6, 6.07) is 4.78. The fourth-order valence-electron chi connectivity index (χ4n) is 2.82. The number of carbonyl (C=O) groups is 2. The van der Waals surface area contributed by atoms with Crippen LogP contribution in [0, 0.1) is 6.92 Å². The molecule has 1 saturated heterocycles. The molecule has 1 aromatic rings. The highest BCUT2D eigenvalue weighted by Crippen LogP contribution is 2.21. The minimum Gasteiger partial charge on any atom is -0.338 e. The minimum atomic E-state index is -3.08. The van der Waals surface area contributed by atoms with Gasteiger partial charge in [0.2, 0.25) is 11.8 Å². The lowest BCUT2D eigenvalue weighted by molar-refractivity contribution is -0.135. The number of hydrogen-bond acceptors (Lipinski definition) is 4. The molecule has 1 fully saturated rings. The normalized spacial score (nSPS) is 19.0. The van der Waals surface area contributed by atoms with Gasteiger partial charge in [-0.05, 0) is 38.0 Å². The maximum atomic E-state index is 12.4. The second-order valence-corrected chi connectivity index (χ2v) is 8.59. The number of halogens is 1. The first kappa shape index (κ1) is 18.7. The average Bonchev–Trinajstić information content (AvgIpc) is 2.83. The van der Waals surface area contributed by atoms with Crippen LogP contribution in [0.2, 0.25) is 5.02 Å². The molecule has 0 aliphatic carbocycles. The highest BCUT2D eigenvalue weighted by molar-refractivity contribution is 7.91. The van der Waals surface area contributed by atoms with Crippen molar-refractivity contribution in [2.45, 2.75) is 32.7 Å². The molecular formula is C16H21ClN2O4S. The molecule has 2 rings (SSSR count). The van der Waals surface area contributed by atoms with Crippen LogP contribution in [0.3, 0.4) is 0 Å². The molecule has 1 aliphatic heterocycles. The highest BCUT2D eigenvalue weighted by atomic mass is 35.5. The SMILES string of the molecule is CCN(C(=O)CC(=O)Nc1cc(Cl)ccc1C)C1CCS(=O)(=O)C1. The maximum absolute atomic E-state index is 12.4. The van der Waals surface area contributed by atoms with E-state index in [-0.39, 0.29) is 29.9 Å². The van der Waals surface area contributed by atoms with Crippen LogP contribution in [0.5, 0.6) is 0 Å². The zero-order valence-electron chi connectivity index (χ0n) is 13.7. The van der Waals surface area contributed by atoms with E-state index in [1.807, 2.05) is 6.92 Å². The molecule has 0 spiro atoms. The number of anilines is 1. The number of hydrogen-bond donors (Lipinski definition) is 1. The van der Waals surface area contributed by atoms with Crippen LogP contribution < -0.4 is 5.32 Å². The van der Waals surface area contributed by atoms with Gasteiger partial charge in [-0.2, -0.15) is 0 Å². The molecule has 0 saturated carbocycles. The zero-order chi connectivity index (χ0) is 17.9. The Labute approximate surface area is 147 Å². The van der Waals surface area contributed by atoms with E-state index in [0.717, 1.165) is 5.56 Å². The van der Waals surface area contributed by atoms with Gasteiger partial charge in [-0.1, -0.05) is 17.7 Å². The van der Waals surface area contributed by atoms with Crippen LogP contribution in [0.25, 0.3) is 0 Å². The smallest absolute Gasteiger partial charge is 0.233 e. The first-order valence-electron chi connectivity index (χ1n) is 7.77. The van der Waals surface area contributed by atoms with Crippen molar-refractivity contribution in [2.75, 3.05) is 23.4 Å². The average molecular weight is 373 g/mol. The number of carbonyl (C=O) groups excluding carboxylic acids is 2. The quantitative estimate of drug-likeness (QED) is 0.801. The molecule has 1 atom stereocenters. The molecule has 24 heavy (non-hydrogen) atoms. The maximum Gasteiger partial charge on any atom is 0.233 e. The van der Waals surface area contributed by atoms with Gasteiger partial charge in [0.1, 0.15) is 6.42 Å². The van der Waals surface area contributed by atoms with Gasteiger partial charge in [0.15, 0.2) is 9.84 Å². The number of sulfone groups is 1.